The maximum atomic E-state index is 11.0. The van der Waals surface area contributed by atoms with Crippen molar-refractivity contribution in [1.29, 1.82) is 0 Å². The van der Waals surface area contributed by atoms with Gasteiger partial charge in [0.1, 0.15) is 13.2 Å². The molecule has 1 aromatic heterocycles. The lowest BCUT2D eigenvalue weighted by Crippen LogP contribution is -2.29. The molecular weight excluding hydrogens is 424 g/mol. The van der Waals surface area contributed by atoms with Gasteiger partial charge in [-0.15, -0.1) is 0 Å². The lowest BCUT2D eigenvalue weighted by Gasteiger charge is -2.19. The number of likely N-dealkylation sites (tertiary alicyclic amines) is 1. The average molecular weight is 433 g/mol. The van der Waals surface area contributed by atoms with Crippen LogP contribution in [0.2, 0.25) is 0 Å². The van der Waals surface area contributed by atoms with E-state index in [0.717, 1.165) is 26.1 Å². The summed E-state index contributed by atoms with van der Waals surface area (Å²) in [5.41, 5.74) is 0. The summed E-state index contributed by atoms with van der Waals surface area (Å²) in [6.45, 7) is 0.605. The zero-order valence-electron chi connectivity index (χ0n) is 7.70. The summed E-state index contributed by atoms with van der Waals surface area (Å²) in [6, 6.07) is -0.0977. The van der Waals surface area contributed by atoms with E-state index in [1.54, 1.807) is 0 Å². The van der Waals surface area contributed by atoms with E-state index in [-0.39, 0.29) is 6.04 Å². The van der Waals surface area contributed by atoms with Crippen LogP contribution in [-0.4, -0.2) is 32.6 Å². The highest BCUT2D eigenvalue weighted by Crippen LogP contribution is 2.31. The van der Waals surface area contributed by atoms with E-state index in [1.165, 1.54) is 4.90 Å². The molecule has 1 amide bonds. The molecule has 15 heavy (non-hydrogen) atoms. The van der Waals surface area contributed by atoms with Gasteiger partial charge in [0.25, 0.3) is 0 Å². The zero-order valence-corrected chi connectivity index (χ0v) is 12.0. The molecule has 5 nitrogen and oxygen atoms in total. The smallest absolute Gasteiger partial charge is 0.407 e. The van der Waals surface area contributed by atoms with Gasteiger partial charge in [-0.2, -0.15) is 0 Å². The van der Waals surface area contributed by atoms with Crippen LogP contribution in [0.1, 0.15) is 24.7 Å². The number of imidazole rings is 1. The van der Waals surface area contributed by atoms with Crippen LogP contribution in [0.25, 0.3) is 0 Å². The number of H-pyrrole nitrogens is 1. The largest absolute Gasteiger partial charge is 0.465 e. The van der Waals surface area contributed by atoms with Crippen molar-refractivity contribution >= 4 is 51.3 Å². The first-order valence-corrected chi connectivity index (χ1v) is 6.66. The Hall–Kier alpha value is -0.0600. The number of nitrogens with one attached hydrogen (secondary N) is 1. The molecule has 2 heterocycles. The van der Waals surface area contributed by atoms with E-state index in [9.17, 15) is 4.79 Å². The van der Waals surface area contributed by atoms with Crippen LogP contribution in [0.3, 0.4) is 0 Å². The van der Waals surface area contributed by atoms with Crippen molar-refractivity contribution < 1.29 is 9.90 Å². The minimum atomic E-state index is -0.862. The minimum Gasteiger partial charge on any atom is -0.465 e. The fourth-order valence-electron chi connectivity index (χ4n) is 1.78. The number of nitrogens with zero attached hydrogens (tertiary/aromatic N) is 2. The van der Waals surface area contributed by atoms with Crippen molar-refractivity contribution in [2.45, 2.75) is 18.9 Å². The maximum absolute atomic E-state index is 11.0. The molecule has 82 valence electrons. The molecule has 1 aromatic rings. The Balaban J connectivity index is 2.26. The van der Waals surface area contributed by atoms with Gasteiger partial charge in [-0.05, 0) is 58.0 Å². The molecule has 0 aromatic carbocycles. The van der Waals surface area contributed by atoms with Gasteiger partial charge in [0.15, 0.2) is 0 Å². The molecule has 1 aliphatic heterocycles. The van der Waals surface area contributed by atoms with E-state index >= 15 is 0 Å². The number of hydrogen-bond acceptors (Lipinski definition) is 2. The van der Waals surface area contributed by atoms with Crippen molar-refractivity contribution in [2.24, 2.45) is 0 Å². The van der Waals surface area contributed by atoms with Crippen LogP contribution in [0.5, 0.6) is 0 Å². The quantitative estimate of drug-likeness (QED) is 0.669. The van der Waals surface area contributed by atoms with E-state index in [2.05, 4.69) is 55.1 Å². The molecular formula is C8H9I2N3O2. The molecule has 2 rings (SSSR count). The predicted octanol–water partition coefficient (Wildman–Crippen LogP) is 2.43. The van der Waals surface area contributed by atoms with Crippen LogP contribution >= 0.6 is 45.2 Å². The normalized spacial score (nSPS) is 20.9. The molecule has 0 spiro atoms. The molecule has 0 bridgehead atoms. The molecule has 7 heteroatoms. The number of halogens is 2. The van der Waals surface area contributed by atoms with Gasteiger partial charge in [0, 0.05) is 6.54 Å². The highest BCUT2D eigenvalue weighted by atomic mass is 127. The summed E-state index contributed by atoms with van der Waals surface area (Å²) in [7, 11) is 0. The highest BCUT2D eigenvalue weighted by molar-refractivity contribution is 14.1. The number of aromatic amines is 1. The first-order valence-electron chi connectivity index (χ1n) is 4.50. The van der Waals surface area contributed by atoms with Crippen LogP contribution in [0.15, 0.2) is 0 Å². The second-order valence-corrected chi connectivity index (χ2v) is 5.46. The molecule has 1 unspecified atom stereocenters. The fraction of sp³-hybridized carbons (Fsp3) is 0.500. The molecule has 1 atom stereocenters. The lowest BCUT2D eigenvalue weighted by atomic mass is 10.2. The molecule has 2 N–H and O–H groups in total. The first-order chi connectivity index (χ1) is 7.09. The predicted molar refractivity (Wildman–Crippen MR) is 70.7 cm³/mol. The van der Waals surface area contributed by atoms with E-state index in [4.69, 9.17) is 5.11 Å². The van der Waals surface area contributed by atoms with Crippen LogP contribution < -0.4 is 0 Å². The third-order valence-corrected chi connectivity index (χ3v) is 5.04. The van der Waals surface area contributed by atoms with Crippen molar-refractivity contribution in [3.05, 3.63) is 13.2 Å². The Bertz CT molecular complexity index is 374. The van der Waals surface area contributed by atoms with Crippen LogP contribution in [-0.2, 0) is 0 Å². The zero-order chi connectivity index (χ0) is 11.0. The van der Waals surface area contributed by atoms with Gasteiger partial charge in [-0.3, -0.25) is 4.90 Å². The Kier molecular flexibility index (Phi) is 3.38. The Labute approximate surface area is 114 Å². The van der Waals surface area contributed by atoms with Crippen LogP contribution in [0.4, 0.5) is 4.79 Å². The van der Waals surface area contributed by atoms with Gasteiger partial charge in [0.2, 0.25) is 0 Å². The first kappa shape index (κ1) is 11.4. The maximum Gasteiger partial charge on any atom is 0.407 e. The fourth-order valence-corrected chi connectivity index (χ4v) is 2.58. The third kappa shape index (κ3) is 2.22. The van der Waals surface area contributed by atoms with Crippen LogP contribution in [0, 0.1) is 7.40 Å². The lowest BCUT2D eigenvalue weighted by molar-refractivity contribution is 0.138. The second kappa shape index (κ2) is 4.44. The van der Waals surface area contributed by atoms with Crippen molar-refractivity contribution in [1.82, 2.24) is 14.9 Å². The van der Waals surface area contributed by atoms with Gasteiger partial charge >= 0.3 is 6.09 Å². The molecule has 0 saturated carbocycles. The average Bonchev–Trinajstić information content (AvgIpc) is 2.73. The molecule has 1 saturated heterocycles. The monoisotopic (exact) mass is 433 g/mol. The topological polar surface area (TPSA) is 69.2 Å². The summed E-state index contributed by atoms with van der Waals surface area (Å²) in [4.78, 5) is 19.9. The Morgan fingerprint density at radius 3 is 2.87 bits per heavy atom. The van der Waals surface area contributed by atoms with Crippen molar-refractivity contribution in [3.8, 4) is 0 Å². The van der Waals surface area contributed by atoms with Gasteiger partial charge in [0.05, 0.1) is 6.04 Å². The number of aromatic nitrogens is 2. The summed E-state index contributed by atoms with van der Waals surface area (Å²) in [5.74, 6) is 0.767. The standard InChI is InChI=1S/C8H9I2N3O2/c9-5-6(10)12-7(11-5)4-2-1-3-13(4)8(14)15/h4H,1-3H2,(H,11,12)(H,14,15). The molecule has 0 aliphatic carbocycles. The Morgan fingerprint density at radius 1 is 1.60 bits per heavy atom. The number of rotatable bonds is 1. The third-order valence-electron chi connectivity index (χ3n) is 2.45. The van der Waals surface area contributed by atoms with E-state index in [1.807, 2.05) is 0 Å². The van der Waals surface area contributed by atoms with Gasteiger partial charge < -0.3 is 10.1 Å². The van der Waals surface area contributed by atoms with E-state index in [0.29, 0.717) is 6.54 Å². The number of carboxylic acid groups (broad SMARTS) is 1. The SMILES string of the molecule is O=C(O)N1CCCC1c1nc(I)c(I)[nH]1. The number of carbonyl (C=O) groups is 1. The molecule has 0 radical (unpaired) electrons. The number of hydrogen-bond donors (Lipinski definition) is 2. The number of amides is 1. The Morgan fingerprint density at radius 2 is 2.33 bits per heavy atom. The van der Waals surface area contributed by atoms with Crippen molar-refractivity contribution in [3.63, 3.8) is 0 Å². The van der Waals surface area contributed by atoms with E-state index < -0.39 is 6.09 Å². The summed E-state index contributed by atoms with van der Waals surface area (Å²) in [5, 5.41) is 9.00. The summed E-state index contributed by atoms with van der Waals surface area (Å²) < 4.78 is 1.88. The molecule has 1 fully saturated rings. The minimum absolute atomic E-state index is 0.0977. The van der Waals surface area contributed by atoms with Gasteiger partial charge in [-0.1, -0.05) is 0 Å². The van der Waals surface area contributed by atoms with Gasteiger partial charge in [-0.25, -0.2) is 9.78 Å². The highest BCUT2D eigenvalue weighted by Gasteiger charge is 2.32. The second-order valence-electron chi connectivity index (χ2n) is 3.36. The van der Waals surface area contributed by atoms with Crippen molar-refractivity contribution in [2.75, 3.05) is 6.54 Å². The molecule has 1 aliphatic rings. The summed E-state index contributed by atoms with van der Waals surface area (Å²) >= 11 is 4.30. The summed E-state index contributed by atoms with van der Waals surface area (Å²) in [6.07, 6.45) is 0.899.